The van der Waals surface area contributed by atoms with E-state index in [1.807, 2.05) is 0 Å². The predicted octanol–water partition coefficient (Wildman–Crippen LogP) is 2.44. The monoisotopic (exact) mass is 353 g/mol. The van der Waals surface area contributed by atoms with Gasteiger partial charge in [0.25, 0.3) is 0 Å². The van der Waals surface area contributed by atoms with E-state index in [1.165, 1.54) is 12.3 Å². The quantitative estimate of drug-likeness (QED) is 0.788. The molecular weight excluding hydrogens is 339 g/mol. The fourth-order valence-corrected chi connectivity index (χ4v) is 2.65. The molecule has 10 heteroatoms. The zero-order chi connectivity index (χ0) is 18.0. The lowest BCUT2D eigenvalue weighted by Gasteiger charge is -2.30. The summed E-state index contributed by atoms with van der Waals surface area (Å²) in [6.07, 6.45) is 0.764. The van der Waals surface area contributed by atoms with E-state index in [1.54, 1.807) is 11.1 Å². The average molecular weight is 353 g/mol. The van der Waals surface area contributed by atoms with Crippen LogP contribution < -0.4 is 0 Å². The molecule has 0 unspecified atom stereocenters. The number of likely N-dealkylation sites (tertiary alicyclic amines) is 1. The number of hydrogen-bond donors (Lipinski definition) is 0. The fraction of sp³-hybridized carbons (Fsp3) is 0.400. The summed E-state index contributed by atoms with van der Waals surface area (Å²) in [6, 6.07) is 0. The Bertz CT molecular complexity index is 781. The van der Waals surface area contributed by atoms with Crippen LogP contribution in [0.25, 0.3) is 11.5 Å². The van der Waals surface area contributed by atoms with Gasteiger partial charge in [0, 0.05) is 25.2 Å². The van der Waals surface area contributed by atoms with Gasteiger partial charge in [-0.3, -0.25) is 9.78 Å². The van der Waals surface area contributed by atoms with Crippen LogP contribution in [-0.2, 0) is 11.0 Å². The first-order chi connectivity index (χ1) is 11.9. The minimum atomic E-state index is -4.71. The maximum absolute atomic E-state index is 12.5. The third-order valence-corrected chi connectivity index (χ3v) is 3.95. The summed E-state index contributed by atoms with van der Waals surface area (Å²) >= 11 is 0. The molecule has 1 fully saturated rings. The van der Waals surface area contributed by atoms with Crippen LogP contribution in [0.15, 0.2) is 29.6 Å². The van der Waals surface area contributed by atoms with Crippen LogP contribution in [0.1, 0.15) is 30.3 Å². The van der Waals surface area contributed by atoms with Crippen molar-refractivity contribution >= 4 is 5.91 Å². The molecule has 1 amide bonds. The highest BCUT2D eigenvalue weighted by molar-refractivity contribution is 5.87. The van der Waals surface area contributed by atoms with E-state index < -0.39 is 12.1 Å². The smallest absolute Gasteiger partial charge is 0.339 e. The summed E-state index contributed by atoms with van der Waals surface area (Å²) in [5.41, 5.74) is 0.739. The molecule has 0 spiro atoms. The highest BCUT2D eigenvalue weighted by Gasteiger charge is 2.38. The summed E-state index contributed by atoms with van der Waals surface area (Å²) in [5, 5.41) is 3.31. The topological polar surface area (TPSA) is 85.0 Å². The first kappa shape index (κ1) is 17.1. The van der Waals surface area contributed by atoms with Gasteiger partial charge in [0.1, 0.15) is 5.69 Å². The van der Waals surface area contributed by atoms with E-state index in [9.17, 15) is 18.0 Å². The summed E-state index contributed by atoms with van der Waals surface area (Å²) in [6.45, 7) is 4.58. The normalized spacial score (nSPS) is 16.0. The van der Waals surface area contributed by atoms with Gasteiger partial charge < -0.3 is 9.42 Å². The van der Waals surface area contributed by atoms with Crippen LogP contribution in [0.5, 0.6) is 0 Å². The third kappa shape index (κ3) is 3.67. The molecule has 0 aromatic carbocycles. The number of carbonyl (C=O) groups is 1. The number of aromatic nitrogens is 4. The van der Waals surface area contributed by atoms with E-state index in [2.05, 4.69) is 31.2 Å². The molecule has 2 aromatic rings. The molecule has 0 radical (unpaired) electrons. The Morgan fingerprint density at radius 2 is 2.00 bits per heavy atom. The zero-order valence-corrected chi connectivity index (χ0v) is 13.0. The average Bonchev–Trinajstić information content (AvgIpc) is 3.12. The minimum Gasteiger partial charge on any atom is -0.339 e. The second-order valence-corrected chi connectivity index (χ2v) is 5.55. The van der Waals surface area contributed by atoms with Crippen molar-refractivity contribution in [2.75, 3.05) is 13.1 Å². The lowest BCUT2D eigenvalue weighted by atomic mass is 9.93. The van der Waals surface area contributed by atoms with Crippen LogP contribution in [0.2, 0.25) is 0 Å². The van der Waals surface area contributed by atoms with Gasteiger partial charge in [-0.05, 0) is 18.9 Å². The van der Waals surface area contributed by atoms with Crippen molar-refractivity contribution in [3.8, 4) is 11.5 Å². The first-order valence-corrected chi connectivity index (χ1v) is 7.53. The van der Waals surface area contributed by atoms with Gasteiger partial charge in [-0.15, -0.1) is 0 Å². The molecule has 0 atom stereocenters. The number of halogens is 3. The molecule has 1 aliphatic rings. The minimum absolute atomic E-state index is 0.0512. The van der Waals surface area contributed by atoms with E-state index in [0.717, 1.165) is 0 Å². The van der Waals surface area contributed by atoms with Crippen LogP contribution in [-0.4, -0.2) is 44.0 Å². The zero-order valence-electron chi connectivity index (χ0n) is 13.0. The number of nitrogens with zero attached hydrogens (tertiary/aromatic N) is 5. The molecule has 2 aromatic heterocycles. The summed E-state index contributed by atoms with van der Waals surface area (Å²) < 4.78 is 41.9. The maximum atomic E-state index is 12.5. The van der Waals surface area contributed by atoms with Gasteiger partial charge in [-0.1, -0.05) is 11.7 Å². The van der Waals surface area contributed by atoms with Crippen molar-refractivity contribution < 1.29 is 22.5 Å². The largest absolute Gasteiger partial charge is 0.471 e. The van der Waals surface area contributed by atoms with E-state index >= 15 is 0 Å². The number of carbonyl (C=O) groups excluding carboxylic acids is 1. The number of amides is 1. The predicted molar refractivity (Wildman–Crippen MR) is 79.1 cm³/mol. The van der Waals surface area contributed by atoms with Gasteiger partial charge in [0.2, 0.25) is 11.7 Å². The Morgan fingerprint density at radius 3 is 2.60 bits per heavy atom. The molecule has 0 saturated carbocycles. The van der Waals surface area contributed by atoms with Gasteiger partial charge in [0.15, 0.2) is 0 Å². The first-order valence-electron chi connectivity index (χ1n) is 7.53. The Hall–Kier alpha value is -2.78. The summed E-state index contributed by atoms with van der Waals surface area (Å²) in [5.74, 6) is -1.76. The molecular formula is C15H14F3N5O2. The number of piperidine rings is 1. The number of hydrogen-bond acceptors (Lipinski definition) is 6. The van der Waals surface area contributed by atoms with E-state index in [4.69, 9.17) is 0 Å². The van der Waals surface area contributed by atoms with E-state index in [-0.39, 0.29) is 23.3 Å². The van der Waals surface area contributed by atoms with Crippen LogP contribution in [0, 0.1) is 0 Å². The third-order valence-electron chi connectivity index (χ3n) is 3.95. The highest BCUT2D eigenvalue weighted by Crippen LogP contribution is 2.30. The van der Waals surface area contributed by atoms with Crippen LogP contribution >= 0.6 is 0 Å². The Labute approximate surface area is 140 Å². The Morgan fingerprint density at radius 1 is 1.28 bits per heavy atom. The molecule has 7 nitrogen and oxygen atoms in total. The Balaban J connectivity index is 1.75. The molecule has 0 aliphatic carbocycles. The molecule has 0 bridgehead atoms. The van der Waals surface area contributed by atoms with Gasteiger partial charge in [-0.25, -0.2) is 4.98 Å². The maximum Gasteiger partial charge on any atom is 0.471 e. The second kappa shape index (κ2) is 6.61. The van der Waals surface area contributed by atoms with Crippen molar-refractivity contribution in [1.82, 2.24) is 25.0 Å². The van der Waals surface area contributed by atoms with Crippen LogP contribution in [0.4, 0.5) is 13.2 Å². The van der Waals surface area contributed by atoms with Gasteiger partial charge >= 0.3 is 12.1 Å². The fourth-order valence-electron chi connectivity index (χ4n) is 2.65. The van der Waals surface area contributed by atoms with Crippen molar-refractivity contribution in [3.05, 3.63) is 36.6 Å². The van der Waals surface area contributed by atoms with Crippen LogP contribution in [0.3, 0.4) is 0 Å². The van der Waals surface area contributed by atoms with Gasteiger partial charge in [0.05, 0.1) is 11.9 Å². The molecule has 1 aliphatic heterocycles. The summed E-state index contributed by atoms with van der Waals surface area (Å²) in [7, 11) is 0. The lowest BCUT2D eigenvalue weighted by Crippen LogP contribution is -2.37. The lowest BCUT2D eigenvalue weighted by molar-refractivity contribution is -0.159. The van der Waals surface area contributed by atoms with Gasteiger partial charge in [-0.2, -0.15) is 18.2 Å². The molecule has 1 saturated heterocycles. The summed E-state index contributed by atoms with van der Waals surface area (Å²) in [4.78, 5) is 24.9. The van der Waals surface area contributed by atoms with E-state index in [0.29, 0.717) is 31.6 Å². The van der Waals surface area contributed by atoms with Crippen molar-refractivity contribution in [3.63, 3.8) is 0 Å². The highest BCUT2D eigenvalue weighted by atomic mass is 19.4. The molecule has 0 N–H and O–H groups in total. The van der Waals surface area contributed by atoms with Crippen molar-refractivity contribution in [2.24, 2.45) is 0 Å². The number of alkyl halides is 3. The van der Waals surface area contributed by atoms with Crippen molar-refractivity contribution in [2.45, 2.75) is 24.9 Å². The molecule has 25 heavy (non-hydrogen) atoms. The Kier molecular flexibility index (Phi) is 4.51. The molecule has 3 rings (SSSR count). The van der Waals surface area contributed by atoms with Crippen molar-refractivity contribution in [1.29, 1.82) is 0 Å². The SMILES string of the molecule is C=CC(=O)N1CCC(c2cncc(-c3noc(C(F)(F)F)n3)n2)CC1. The molecule has 3 heterocycles. The standard InChI is InChI=1S/C15H14F3N5O2/c1-2-12(24)23-5-3-9(4-6-23)10-7-19-8-11(20-10)13-21-14(25-22-13)15(16,17)18/h2,7-9H,1,3-6H2. The second-order valence-electron chi connectivity index (χ2n) is 5.55. The number of rotatable bonds is 3. The molecule has 132 valence electrons.